The summed E-state index contributed by atoms with van der Waals surface area (Å²) in [4.78, 5) is 9.44. The second-order valence-electron chi connectivity index (χ2n) is 8.23. The Morgan fingerprint density at radius 1 is 1.06 bits per heavy atom. The maximum absolute atomic E-state index is 10.4. The number of aliphatic hydroxyl groups is 1. The van der Waals surface area contributed by atoms with Crippen molar-refractivity contribution in [3.8, 4) is 17.5 Å². The lowest BCUT2D eigenvalue weighted by atomic mass is 10.1. The number of imidazole rings is 1. The van der Waals surface area contributed by atoms with Crippen molar-refractivity contribution < 1.29 is 9.84 Å². The van der Waals surface area contributed by atoms with Gasteiger partial charge in [0.1, 0.15) is 12.1 Å². The maximum atomic E-state index is 10.4. The third-order valence-corrected chi connectivity index (χ3v) is 5.56. The largest absolute Gasteiger partial charge is 0.477 e. The van der Waals surface area contributed by atoms with Crippen LogP contribution in [0.2, 0.25) is 0 Å². The maximum Gasteiger partial charge on any atom is 0.233 e. The van der Waals surface area contributed by atoms with Gasteiger partial charge in [0.2, 0.25) is 5.88 Å². The number of benzene rings is 1. The molecule has 35 heavy (non-hydrogen) atoms. The first-order chi connectivity index (χ1) is 16.9. The molecular weight excluding hydrogens is 444 g/mol. The smallest absolute Gasteiger partial charge is 0.233 e. The monoisotopic (exact) mass is 470 g/mol. The van der Waals surface area contributed by atoms with Crippen molar-refractivity contribution in [2.24, 2.45) is 0 Å². The van der Waals surface area contributed by atoms with Gasteiger partial charge in [-0.15, -0.1) is 10.2 Å². The lowest BCUT2D eigenvalue weighted by molar-refractivity contribution is 0.198. The highest BCUT2D eigenvalue weighted by Crippen LogP contribution is 2.27. The average Bonchev–Trinajstić information content (AvgIpc) is 3.43. The molecule has 0 aliphatic heterocycles. The molecule has 10 nitrogen and oxygen atoms in total. The predicted octanol–water partition coefficient (Wildman–Crippen LogP) is 4.21. The molecule has 1 unspecified atom stereocenters. The Hall–Kier alpha value is -4.31. The molecular formula is C25H26N8O2. The van der Waals surface area contributed by atoms with Gasteiger partial charge >= 0.3 is 0 Å². The van der Waals surface area contributed by atoms with E-state index in [2.05, 4.69) is 25.6 Å². The lowest BCUT2D eigenvalue weighted by Gasteiger charge is -2.14. The molecule has 0 spiro atoms. The van der Waals surface area contributed by atoms with Gasteiger partial charge in [-0.05, 0) is 70.2 Å². The van der Waals surface area contributed by atoms with Gasteiger partial charge in [-0.2, -0.15) is 5.10 Å². The number of nitrogens with zero attached hydrogens (tertiary/aromatic N) is 7. The molecule has 0 fully saturated rings. The fraction of sp³-hybridized carbons (Fsp3) is 0.240. The van der Waals surface area contributed by atoms with E-state index in [9.17, 15) is 5.11 Å². The fourth-order valence-corrected chi connectivity index (χ4v) is 3.84. The van der Waals surface area contributed by atoms with E-state index >= 15 is 0 Å². The predicted molar refractivity (Wildman–Crippen MR) is 133 cm³/mol. The number of fused-ring (bicyclic) bond motifs is 1. The van der Waals surface area contributed by atoms with Crippen LogP contribution >= 0.6 is 0 Å². The molecule has 5 rings (SSSR count). The number of anilines is 2. The van der Waals surface area contributed by atoms with Crippen LogP contribution in [0.25, 0.3) is 22.7 Å². The normalized spacial score (nSPS) is 12.1. The lowest BCUT2D eigenvalue weighted by Crippen LogP contribution is -2.11. The van der Waals surface area contributed by atoms with E-state index in [1.54, 1.807) is 17.9 Å². The average molecular weight is 471 g/mol. The molecule has 0 radical (unpaired) electrons. The van der Waals surface area contributed by atoms with E-state index in [0.29, 0.717) is 35.5 Å². The number of ether oxygens (including phenoxy) is 1. The van der Waals surface area contributed by atoms with Crippen molar-refractivity contribution in [1.29, 1.82) is 0 Å². The van der Waals surface area contributed by atoms with Gasteiger partial charge in [0.15, 0.2) is 11.6 Å². The number of nitrogens with one attached hydrogen (secondary N) is 1. The summed E-state index contributed by atoms with van der Waals surface area (Å²) in [5.41, 5.74) is 4.92. The topological polar surface area (TPSA) is 116 Å². The molecule has 1 aromatic carbocycles. The van der Waals surface area contributed by atoms with Crippen LogP contribution in [0.4, 0.5) is 11.5 Å². The zero-order valence-corrected chi connectivity index (χ0v) is 20.0. The van der Waals surface area contributed by atoms with Crippen LogP contribution in [0, 0.1) is 13.8 Å². The minimum atomic E-state index is -0.719. The molecule has 0 amide bonds. The molecule has 4 heterocycles. The first-order valence-corrected chi connectivity index (χ1v) is 11.4. The minimum absolute atomic E-state index is 0.514. The Morgan fingerprint density at radius 2 is 1.91 bits per heavy atom. The van der Waals surface area contributed by atoms with Crippen LogP contribution in [0.3, 0.4) is 0 Å². The van der Waals surface area contributed by atoms with Crippen molar-refractivity contribution in [2.45, 2.75) is 33.8 Å². The van der Waals surface area contributed by atoms with Crippen LogP contribution in [0.15, 0.2) is 54.9 Å². The summed E-state index contributed by atoms with van der Waals surface area (Å²) in [6.07, 6.45) is 1.01. The summed E-state index contributed by atoms with van der Waals surface area (Å²) in [7, 11) is 0. The van der Waals surface area contributed by atoms with Crippen LogP contribution in [-0.4, -0.2) is 46.2 Å². The molecule has 0 saturated carbocycles. The van der Waals surface area contributed by atoms with Gasteiger partial charge in [0.05, 0.1) is 29.4 Å². The van der Waals surface area contributed by atoms with E-state index in [0.717, 1.165) is 28.1 Å². The Balaban J connectivity index is 1.53. The van der Waals surface area contributed by atoms with Gasteiger partial charge in [0.25, 0.3) is 0 Å². The summed E-state index contributed by atoms with van der Waals surface area (Å²) in [6, 6.07) is 15.2. The summed E-state index contributed by atoms with van der Waals surface area (Å²) in [6.45, 7) is 7.96. The molecule has 0 aliphatic carbocycles. The number of aromatic nitrogens is 7. The van der Waals surface area contributed by atoms with E-state index in [-0.39, 0.29) is 0 Å². The second kappa shape index (κ2) is 9.15. The number of aryl methyl sites for hydroxylation is 2. The third-order valence-electron chi connectivity index (χ3n) is 5.56. The summed E-state index contributed by atoms with van der Waals surface area (Å²) >= 11 is 0. The number of hydrogen-bond acceptors (Lipinski definition) is 8. The highest BCUT2D eigenvalue weighted by Gasteiger charge is 2.18. The molecule has 4 aromatic heterocycles. The van der Waals surface area contributed by atoms with Gasteiger partial charge in [0, 0.05) is 23.0 Å². The summed E-state index contributed by atoms with van der Waals surface area (Å²) < 4.78 is 9.16. The fourth-order valence-electron chi connectivity index (χ4n) is 3.84. The molecule has 2 N–H and O–H groups in total. The van der Waals surface area contributed by atoms with Gasteiger partial charge in [-0.1, -0.05) is 0 Å². The highest BCUT2D eigenvalue weighted by molar-refractivity contribution is 5.82. The Labute approximate surface area is 202 Å². The zero-order valence-electron chi connectivity index (χ0n) is 20.0. The SMILES string of the molecule is CCOc1cc(C)n(-c2nc(-n3cnc4cc(Nc5ccc(C)nn5)ccc43)ccc2C(C)O)n1. The van der Waals surface area contributed by atoms with E-state index in [1.807, 2.05) is 73.9 Å². The van der Waals surface area contributed by atoms with Crippen molar-refractivity contribution >= 4 is 22.5 Å². The number of hydrogen-bond donors (Lipinski definition) is 2. The van der Waals surface area contributed by atoms with Crippen LogP contribution in [0.1, 0.15) is 36.9 Å². The van der Waals surface area contributed by atoms with Crippen molar-refractivity contribution in [1.82, 2.24) is 34.5 Å². The standard InChI is InChI=1S/C25H26N8O2/c1-5-35-24-12-16(3)33(31-24)25-19(17(4)34)8-11-23(28-25)32-14-26-20-13-18(7-9-21(20)32)27-22-10-6-15(2)29-30-22/h6-14,17,34H,5H2,1-4H3,(H,27,30). The first-order valence-electron chi connectivity index (χ1n) is 11.4. The number of aliphatic hydroxyl groups excluding tert-OH is 1. The van der Waals surface area contributed by atoms with Gasteiger partial charge in [-0.3, -0.25) is 4.57 Å². The molecule has 0 saturated heterocycles. The summed E-state index contributed by atoms with van der Waals surface area (Å²) in [5.74, 6) is 2.37. The second-order valence-corrected chi connectivity index (χ2v) is 8.23. The minimum Gasteiger partial charge on any atom is -0.477 e. The third kappa shape index (κ3) is 4.43. The highest BCUT2D eigenvalue weighted by atomic mass is 16.5. The van der Waals surface area contributed by atoms with E-state index < -0.39 is 6.10 Å². The Bertz CT molecular complexity index is 1490. The van der Waals surface area contributed by atoms with Crippen LogP contribution in [0.5, 0.6) is 5.88 Å². The van der Waals surface area contributed by atoms with E-state index in [4.69, 9.17) is 9.72 Å². The zero-order chi connectivity index (χ0) is 24.5. The molecule has 10 heteroatoms. The Morgan fingerprint density at radius 3 is 2.66 bits per heavy atom. The first kappa shape index (κ1) is 22.5. The van der Waals surface area contributed by atoms with Gasteiger partial charge in [-0.25, -0.2) is 14.6 Å². The number of pyridine rings is 1. The molecule has 178 valence electrons. The number of rotatable bonds is 7. The molecule has 5 aromatic rings. The van der Waals surface area contributed by atoms with Crippen molar-refractivity contribution in [3.63, 3.8) is 0 Å². The van der Waals surface area contributed by atoms with Crippen molar-refractivity contribution in [2.75, 3.05) is 11.9 Å². The summed E-state index contributed by atoms with van der Waals surface area (Å²) in [5, 5.41) is 26.4. The molecule has 0 aliphatic rings. The van der Waals surface area contributed by atoms with E-state index in [1.165, 1.54) is 0 Å². The van der Waals surface area contributed by atoms with Gasteiger partial charge < -0.3 is 15.2 Å². The Kier molecular flexibility index (Phi) is 5.87. The molecule has 1 atom stereocenters. The van der Waals surface area contributed by atoms with Crippen LogP contribution in [-0.2, 0) is 0 Å². The molecule has 0 bridgehead atoms. The quantitative estimate of drug-likeness (QED) is 0.363. The van der Waals surface area contributed by atoms with Crippen LogP contribution < -0.4 is 10.1 Å². The van der Waals surface area contributed by atoms with Crippen molar-refractivity contribution in [3.05, 3.63) is 71.8 Å².